The number of rotatable bonds is 3. The normalized spacial score (nSPS) is 17.3. The predicted octanol–water partition coefficient (Wildman–Crippen LogP) is 4.11. The van der Waals surface area contributed by atoms with Gasteiger partial charge >= 0.3 is 0 Å². The van der Waals surface area contributed by atoms with E-state index in [0.717, 1.165) is 42.1 Å². The molecule has 1 aliphatic rings. The molecule has 0 unspecified atom stereocenters. The van der Waals surface area contributed by atoms with Crippen LogP contribution in [-0.4, -0.2) is 38.7 Å². The first-order valence-corrected chi connectivity index (χ1v) is 9.39. The molecule has 0 radical (unpaired) electrons. The lowest BCUT2D eigenvalue weighted by Gasteiger charge is -2.23. The van der Waals surface area contributed by atoms with Crippen LogP contribution in [0.3, 0.4) is 0 Å². The number of amides is 1. The minimum atomic E-state index is -0.126. The summed E-state index contributed by atoms with van der Waals surface area (Å²) >= 11 is 7.56. The van der Waals surface area contributed by atoms with Gasteiger partial charge in [-0.15, -0.1) is 0 Å². The van der Waals surface area contributed by atoms with Gasteiger partial charge in [-0.3, -0.25) is 4.79 Å². The number of hydrogen-bond donors (Lipinski definition) is 0. The van der Waals surface area contributed by atoms with Crippen molar-refractivity contribution in [3.05, 3.63) is 23.2 Å². The van der Waals surface area contributed by atoms with Gasteiger partial charge in [-0.2, -0.15) is 0 Å². The van der Waals surface area contributed by atoms with E-state index in [1.807, 2.05) is 41.6 Å². The molecule has 1 amide bonds. The number of halogens is 1. The molecular weight excluding hydrogens is 330 g/mol. The topological polar surface area (TPSA) is 38.1 Å². The quantitative estimate of drug-likeness (QED) is 0.781. The first-order chi connectivity index (χ1) is 11.1. The third-order valence-corrected chi connectivity index (χ3v) is 5.72. The van der Waals surface area contributed by atoms with Crippen molar-refractivity contribution < 1.29 is 4.79 Å². The Balaban J connectivity index is 1.75. The molecule has 23 heavy (non-hydrogen) atoms. The molecule has 2 heterocycles. The second-order valence-electron chi connectivity index (χ2n) is 6.09. The Kier molecular flexibility index (Phi) is 5.17. The maximum absolute atomic E-state index is 12.7. The lowest BCUT2D eigenvalue weighted by molar-refractivity contribution is -0.130. The van der Waals surface area contributed by atoms with Crippen LogP contribution in [0.5, 0.6) is 0 Å². The zero-order valence-electron chi connectivity index (χ0n) is 13.6. The number of thioether (sulfide) groups is 1. The van der Waals surface area contributed by atoms with E-state index in [-0.39, 0.29) is 11.2 Å². The summed E-state index contributed by atoms with van der Waals surface area (Å²) in [4.78, 5) is 19.3. The van der Waals surface area contributed by atoms with Gasteiger partial charge in [-0.1, -0.05) is 36.2 Å². The number of aromatic nitrogens is 2. The van der Waals surface area contributed by atoms with E-state index in [0.29, 0.717) is 5.02 Å². The smallest absolute Gasteiger partial charge is 0.235 e. The maximum Gasteiger partial charge on any atom is 0.235 e. The van der Waals surface area contributed by atoms with E-state index in [4.69, 9.17) is 11.6 Å². The van der Waals surface area contributed by atoms with E-state index < -0.39 is 0 Å². The summed E-state index contributed by atoms with van der Waals surface area (Å²) in [7, 11) is 1.98. The van der Waals surface area contributed by atoms with Gasteiger partial charge < -0.3 is 9.47 Å². The molecule has 1 aliphatic heterocycles. The Morgan fingerprint density at radius 2 is 1.96 bits per heavy atom. The molecule has 4 nitrogen and oxygen atoms in total. The van der Waals surface area contributed by atoms with Crippen LogP contribution in [-0.2, 0) is 11.8 Å². The molecule has 1 saturated heterocycles. The van der Waals surface area contributed by atoms with Crippen molar-refractivity contribution in [2.45, 2.75) is 43.0 Å². The van der Waals surface area contributed by atoms with Crippen molar-refractivity contribution in [2.75, 3.05) is 13.1 Å². The number of imidazole rings is 1. The Hall–Kier alpha value is -1.20. The predicted molar refractivity (Wildman–Crippen MR) is 96.1 cm³/mol. The third-order valence-electron chi connectivity index (χ3n) is 4.35. The Morgan fingerprint density at radius 1 is 1.26 bits per heavy atom. The highest BCUT2D eigenvalue weighted by Gasteiger charge is 2.24. The zero-order chi connectivity index (χ0) is 16.4. The number of aryl methyl sites for hydroxylation is 1. The highest BCUT2D eigenvalue weighted by molar-refractivity contribution is 8.00. The molecule has 1 aromatic carbocycles. The van der Waals surface area contributed by atoms with E-state index in [1.165, 1.54) is 24.6 Å². The Labute approximate surface area is 146 Å². The number of nitrogens with zero attached hydrogens (tertiary/aromatic N) is 3. The van der Waals surface area contributed by atoms with Gasteiger partial charge in [0.05, 0.1) is 16.3 Å². The molecule has 6 heteroatoms. The summed E-state index contributed by atoms with van der Waals surface area (Å²) in [5.74, 6) is 0.224. The van der Waals surface area contributed by atoms with Crippen LogP contribution in [0.15, 0.2) is 23.4 Å². The number of benzene rings is 1. The minimum absolute atomic E-state index is 0.126. The summed E-state index contributed by atoms with van der Waals surface area (Å²) < 4.78 is 2.03. The van der Waals surface area contributed by atoms with Gasteiger partial charge in [0, 0.05) is 25.2 Å². The van der Waals surface area contributed by atoms with Crippen molar-refractivity contribution in [1.82, 2.24) is 14.5 Å². The second kappa shape index (κ2) is 7.14. The molecule has 0 aliphatic carbocycles. The van der Waals surface area contributed by atoms with E-state index >= 15 is 0 Å². The summed E-state index contributed by atoms with van der Waals surface area (Å²) in [5.41, 5.74) is 1.91. The molecule has 1 atom stereocenters. The van der Waals surface area contributed by atoms with Crippen LogP contribution < -0.4 is 0 Å². The minimum Gasteiger partial charge on any atom is -0.342 e. The molecule has 1 aromatic heterocycles. The molecule has 0 bridgehead atoms. The van der Waals surface area contributed by atoms with E-state index in [2.05, 4.69) is 4.98 Å². The Morgan fingerprint density at radius 3 is 2.65 bits per heavy atom. The van der Waals surface area contributed by atoms with Crippen molar-refractivity contribution in [1.29, 1.82) is 0 Å². The molecule has 3 rings (SSSR count). The number of fused-ring (bicyclic) bond motifs is 1. The molecule has 2 aromatic rings. The molecule has 0 spiro atoms. The lowest BCUT2D eigenvalue weighted by Crippen LogP contribution is -2.37. The number of hydrogen-bond acceptors (Lipinski definition) is 3. The monoisotopic (exact) mass is 351 g/mol. The van der Waals surface area contributed by atoms with Crippen molar-refractivity contribution in [2.24, 2.45) is 7.05 Å². The summed E-state index contributed by atoms with van der Waals surface area (Å²) in [5, 5.41) is 1.41. The van der Waals surface area contributed by atoms with Gasteiger partial charge in [-0.25, -0.2) is 4.98 Å². The SMILES string of the molecule is C[C@H](Sc1nc2cc(Cl)ccc2n1C)C(=O)N1CCCCCC1. The van der Waals surface area contributed by atoms with Crippen LogP contribution in [0.25, 0.3) is 11.0 Å². The fourth-order valence-corrected chi connectivity index (χ4v) is 4.15. The van der Waals surface area contributed by atoms with Gasteiger partial charge in [0.1, 0.15) is 0 Å². The largest absolute Gasteiger partial charge is 0.342 e. The van der Waals surface area contributed by atoms with Crippen molar-refractivity contribution in [3.8, 4) is 0 Å². The third kappa shape index (κ3) is 3.66. The van der Waals surface area contributed by atoms with E-state index in [9.17, 15) is 4.79 Å². The first-order valence-electron chi connectivity index (χ1n) is 8.13. The van der Waals surface area contributed by atoms with Gasteiger partial charge in [-0.05, 0) is 38.0 Å². The fraction of sp³-hybridized carbons (Fsp3) is 0.529. The standard InChI is InChI=1S/C17H22ClN3OS/c1-12(16(22)21-9-5-3-4-6-10-21)23-17-19-14-11-13(18)7-8-15(14)20(17)2/h7-8,11-12H,3-6,9-10H2,1-2H3/t12-/m0/s1. The van der Waals surface area contributed by atoms with Crippen LogP contribution in [0, 0.1) is 0 Å². The zero-order valence-corrected chi connectivity index (χ0v) is 15.2. The highest BCUT2D eigenvalue weighted by atomic mass is 35.5. The molecule has 1 fully saturated rings. The Bertz CT molecular complexity index is 707. The molecule has 0 N–H and O–H groups in total. The fourth-order valence-electron chi connectivity index (χ4n) is 3.01. The van der Waals surface area contributed by atoms with Gasteiger partial charge in [0.25, 0.3) is 0 Å². The number of carbonyl (C=O) groups excluding carboxylic acids is 1. The highest BCUT2D eigenvalue weighted by Crippen LogP contribution is 2.28. The average molecular weight is 352 g/mol. The van der Waals surface area contributed by atoms with Crippen molar-refractivity contribution in [3.63, 3.8) is 0 Å². The molecule has 124 valence electrons. The summed E-state index contributed by atoms with van der Waals surface area (Å²) in [6, 6.07) is 5.70. The maximum atomic E-state index is 12.7. The van der Waals surface area contributed by atoms with Crippen molar-refractivity contribution >= 4 is 40.3 Å². The summed E-state index contributed by atoms with van der Waals surface area (Å²) in [6.45, 7) is 3.76. The number of carbonyl (C=O) groups is 1. The average Bonchev–Trinajstić information content (AvgIpc) is 2.73. The van der Waals surface area contributed by atoms with E-state index in [1.54, 1.807) is 0 Å². The molecular formula is C17H22ClN3OS. The van der Waals surface area contributed by atoms with Crippen LogP contribution in [0.1, 0.15) is 32.6 Å². The lowest BCUT2D eigenvalue weighted by atomic mass is 10.2. The first kappa shape index (κ1) is 16.7. The summed E-state index contributed by atoms with van der Waals surface area (Å²) in [6.07, 6.45) is 4.70. The van der Waals surface area contributed by atoms with Gasteiger partial charge in [0.2, 0.25) is 5.91 Å². The number of likely N-dealkylation sites (tertiary alicyclic amines) is 1. The van der Waals surface area contributed by atoms with Crippen LogP contribution >= 0.6 is 23.4 Å². The molecule has 0 saturated carbocycles. The van der Waals surface area contributed by atoms with Gasteiger partial charge in [0.15, 0.2) is 5.16 Å². The van der Waals surface area contributed by atoms with Crippen LogP contribution in [0.4, 0.5) is 0 Å². The second-order valence-corrected chi connectivity index (χ2v) is 7.83. The van der Waals surface area contributed by atoms with Crippen LogP contribution in [0.2, 0.25) is 5.02 Å².